The number of carbonyl (C=O) groups excluding carboxylic acids is 1. The molecule has 0 fully saturated rings. The zero-order valence-electron chi connectivity index (χ0n) is 13.5. The van der Waals surface area contributed by atoms with Gasteiger partial charge in [0.2, 0.25) is 5.88 Å². The minimum absolute atomic E-state index is 0.211. The van der Waals surface area contributed by atoms with Crippen LogP contribution < -0.4 is 15.4 Å². The molecule has 0 aliphatic heterocycles. The van der Waals surface area contributed by atoms with Crippen LogP contribution in [0, 0.1) is 11.6 Å². The number of aromatic nitrogens is 1. The van der Waals surface area contributed by atoms with Gasteiger partial charge in [-0.15, -0.1) is 0 Å². The molecule has 0 aliphatic rings. The highest BCUT2D eigenvalue weighted by atomic mass is 19.1. The summed E-state index contributed by atoms with van der Waals surface area (Å²) >= 11 is 0. The van der Waals surface area contributed by atoms with Crippen molar-refractivity contribution in [2.24, 2.45) is 0 Å². The third kappa shape index (κ3) is 4.65. The molecule has 0 bridgehead atoms. The first-order valence-electron chi connectivity index (χ1n) is 7.57. The van der Waals surface area contributed by atoms with E-state index in [0.29, 0.717) is 12.5 Å². The summed E-state index contributed by atoms with van der Waals surface area (Å²) in [6.07, 6.45) is 1.61. The fourth-order valence-electron chi connectivity index (χ4n) is 2.18. The second kappa shape index (κ2) is 8.24. The summed E-state index contributed by atoms with van der Waals surface area (Å²) in [5.41, 5.74) is 0.943. The van der Waals surface area contributed by atoms with E-state index in [1.807, 2.05) is 6.92 Å². The van der Waals surface area contributed by atoms with E-state index in [2.05, 4.69) is 15.6 Å². The molecule has 1 unspecified atom stereocenters. The zero-order chi connectivity index (χ0) is 17.5. The predicted molar refractivity (Wildman–Crippen MR) is 85.6 cm³/mol. The molecule has 5 nitrogen and oxygen atoms in total. The van der Waals surface area contributed by atoms with E-state index >= 15 is 0 Å². The van der Waals surface area contributed by atoms with Crippen molar-refractivity contribution in [2.45, 2.75) is 26.4 Å². The fourth-order valence-corrected chi connectivity index (χ4v) is 2.18. The molecule has 128 valence electrons. The van der Waals surface area contributed by atoms with E-state index in [1.165, 1.54) is 6.07 Å². The van der Waals surface area contributed by atoms with Gasteiger partial charge in [-0.05, 0) is 26.0 Å². The van der Waals surface area contributed by atoms with Crippen molar-refractivity contribution in [1.29, 1.82) is 0 Å². The minimum atomic E-state index is -0.700. The number of nitrogens with zero attached hydrogens (tertiary/aromatic N) is 1. The van der Waals surface area contributed by atoms with Gasteiger partial charge in [-0.3, -0.25) is 0 Å². The molecule has 2 amide bonds. The highest BCUT2D eigenvalue weighted by Gasteiger charge is 2.14. The third-order valence-electron chi connectivity index (χ3n) is 3.35. The van der Waals surface area contributed by atoms with Gasteiger partial charge >= 0.3 is 6.03 Å². The lowest BCUT2D eigenvalue weighted by atomic mass is 10.1. The van der Waals surface area contributed by atoms with Crippen LogP contribution in [0.3, 0.4) is 0 Å². The van der Waals surface area contributed by atoms with Crippen LogP contribution in [0.4, 0.5) is 13.6 Å². The summed E-state index contributed by atoms with van der Waals surface area (Å²) in [6, 6.07) is 5.70. The van der Waals surface area contributed by atoms with Gasteiger partial charge in [0, 0.05) is 29.9 Å². The summed E-state index contributed by atoms with van der Waals surface area (Å²) in [4.78, 5) is 16.1. The Morgan fingerprint density at radius 3 is 2.83 bits per heavy atom. The first-order chi connectivity index (χ1) is 11.5. The highest BCUT2D eigenvalue weighted by molar-refractivity contribution is 5.74. The lowest BCUT2D eigenvalue weighted by molar-refractivity contribution is 0.237. The van der Waals surface area contributed by atoms with Gasteiger partial charge in [-0.2, -0.15) is 0 Å². The molecular weight excluding hydrogens is 316 g/mol. The molecule has 1 aromatic heterocycles. The second-order valence-corrected chi connectivity index (χ2v) is 5.12. The maximum absolute atomic E-state index is 13.7. The van der Waals surface area contributed by atoms with Crippen LogP contribution in [-0.2, 0) is 6.54 Å². The SMILES string of the molecule is CCOc1ncccc1CNC(=O)NC(C)c1ccc(F)cc1F. The van der Waals surface area contributed by atoms with Gasteiger partial charge in [-0.1, -0.05) is 12.1 Å². The first-order valence-corrected chi connectivity index (χ1v) is 7.57. The Hall–Kier alpha value is -2.70. The molecule has 2 rings (SSSR count). The van der Waals surface area contributed by atoms with Crippen LogP contribution in [0.2, 0.25) is 0 Å². The van der Waals surface area contributed by atoms with E-state index in [9.17, 15) is 13.6 Å². The fraction of sp³-hybridized carbons (Fsp3) is 0.294. The van der Waals surface area contributed by atoms with Gasteiger partial charge < -0.3 is 15.4 Å². The number of nitrogens with one attached hydrogen (secondary N) is 2. The minimum Gasteiger partial charge on any atom is -0.478 e. The maximum atomic E-state index is 13.7. The molecule has 0 spiro atoms. The number of hydrogen-bond donors (Lipinski definition) is 2. The molecule has 7 heteroatoms. The number of halogens is 2. The summed E-state index contributed by atoms with van der Waals surface area (Å²) in [5, 5.41) is 5.27. The van der Waals surface area contributed by atoms with Crippen molar-refractivity contribution < 1.29 is 18.3 Å². The Morgan fingerprint density at radius 2 is 2.12 bits per heavy atom. The molecule has 2 N–H and O–H groups in total. The Balaban J connectivity index is 1.94. The predicted octanol–water partition coefficient (Wildman–Crippen LogP) is 3.32. The number of rotatable bonds is 6. The van der Waals surface area contributed by atoms with Gasteiger partial charge in [0.25, 0.3) is 0 Å². The molecule has 2 aromatic rings. The van der Waals surface area contributed by atoms with Crippen molar-refractivity contribution in [3.8, 4) is 5.88 Å². The Labute approximate surface area is 139 Å². The average molecular weight is 335 g/mol. The van der Waals surface area contributed by atoms with Crippen LogP contribution >= 0.6 is 0 Å². The van der Waals surface area contributed by atoms with Crippen molar-refractivity contribution in [3.05, 3.63) is 59.3 Å². The molecule has 1 heterocycles. The summed E-state index contributed by atoms with van der Waals surface area (Å²) < 4.78 is 32.0. The molecule has 0 saturated carbocycles. The topological polar surface area (TPSA) is 63.2 Å². The van der Waals surface area contributed by atoms with E-state index in [1.54, 1.807) is 25.3 Å². The van der Waals surface area contributed by atoms with Gasteiger partial charge in [0.15, 0.2) is 0 Å². The number of urea groups is 1. The monoisotopic (exact) mass is 335 g/mol. The number of hydrogen-bond acceptors (Lipinski definition) is 3. The Morgan fingerprint density at radius 1 is 1.33 bits per heavy atom. The lowest BCUT2D eigenvalue weighted by Gasteiger charge is -2.16. The molecule has 24 heavy (non-hydrogen) atoms. The van der Waals surface area contributed by atoms with Crippen molar-refractivity contribution in [3.63, 3.8) is 0 Å². The first kappa shape index (κ1) is 17.7. The summed E-state index contributed by atoms with van der Waals surface area (Å²) in [5.74, 6) is -0.903. The summed E-state index contributed by atoms with van der Waals surface area (Å²) in [6.45, 7) is 4.15. The van der Waals surface area contributed by atoms with E-state index < -0.39 is 23.7 Å². The number of ether oxygens (including phenoxy) is 1. The third-order valence-corrected chi connectivity index (χ3v) is 3.35. The van der Waals surface area contributed by atoms with Crippen LogP contribution in [0.5, 0.6) is 5.88 Å². The van der Waals surface area contributed by atoms with Crippen LogP contribution in [0.1, 0.15) is 31.0 Å². The average Bonchev–Trinajstić information content (AvgIpc) is 2.54. The largest absolute Gasteiger partial charge is 0.478 e. The van der Waals surface area contributed by atoms with Crippen LogP contribution in [0.25, 0.3) is 0 Å². The van der Waals surface area contributed by atoms with Gasteiger partial charge in [0.1, 0.15) is 11.6 Å². The van der Waals surface area contributed by atoms with Crippen LogP contribution in [-0.4, -0.2) is 17.6 Å². The normalized spacial score (nSPS) is 11.7. The summed E-state index contributed by atoms with van der Waals surface area (Å²) in [7, 11) is 0. The second-order valence-electron chi connectivity index (χ2n) is 5.12. The van der Waals surface area contributed by atoms with Crippen molar-refractivity contribution in [1.82, 2.24) is 15.6 Å². The number of carbonyl (C=O) groups is 1. The lowest BCUT2D eigenvalue weighted by Crippen LogP contribution is -2.37. The van der Waals surface area contributed by atoms with E-state index in [-0.39, 0.29) is 12.1 Å². The number of amides is 2. The highest BCUT2D eigenvalue weighted by Crippen LogP contribution is 2.18. The van der Waals surface area contributed by atoms with E-state index in [0.717, 1.165) is 17.7 Å². The van der Waals surface area contributed by atoms with Gasteiger partial charge in [0.05, 0.1) is 12.6 Å². The molecule has 1 atom stereocenters. The van der Waals surface area contributed by atoms with Crippen LogP contribution in [0.15, 0.2) is 36.5 Å². The molecule has 1 aromatic carbocycles. The molecule has 0 aliphatic carbocycles. The number of benzene rings is 1. The quantitative estimate of drug-likeness (QED) is 0.851. The smallest absolute Gasteiger partial charge is 0.315 e. The molecule has 0 saturated heterocycles. The van der Waals surface area contributed by atoms with Gasteiger partial charge in [-0.25, -0.2) is 18.6 Å². The molecular formula is C17H19F2N3O2. The number of pyridine rings is 1. The zero-order valence-corrected chi connectivity index (χ0v) is 13.5. The Bertz CT molecular complexity index is 710. The van der Waals surface area contributed by atoms with Crippen molar-refractivity contribution >= 4 is 6.03 Å². The molecule has 0 radical (unpaired) electrons. The van der Waals surface area contributed by atoms with E-state index in [4.69, 9.17) is 4.74 Å². The standard InChI is InChI=1S/C17H19F2N3O2/c1-3-24-16-12(5-4-8-20-16)10-21-17(23)22-11(2)14-7-6-13(18)9-15(14)19/h4-9,11H,3,10H2,1-2H3,(H2,21,22,23). The maximum Gasteiger partial charge on any atom is 0.315 e. The van der Waals surface area contributed by atoms with Crippen molar-refractivity contribution in [2.75, 3.05) is 6.61 Å². The Kier molecular flexibility index (Phi) is 6.06.